The molecule has 2 N–H and O–H groups in total. The number of carbonyl (C=O) groups is 2. The fraction of sp³-hybridized carbons (Fsp3) is 0.833. The summed E-state index contributed by atoms with van der Waals surface area (Å²) in [4.78, 5) is 23.9. The number of methoxy groups -OCH3 is 1. The van der Waals surface area contributed by atoms with Crippen LogP contribution in [0.4, 0.5) is 0 Å². The normalized spacial score (nSPS) is 24.9. The zero-order valence-electron chi connectivity index (χ0n) is 10.7. The van der Waals surface area contributed by atoms with Crippen molar-refractivity contribution in [2.24, 2.45) is 5.41 Å². The maximum absolute atomic E-state index is 11.5. The third-order valence-corrected chi connectivity index (χ3v) is 3.47. The molecular weight excluding hydrogens is 238 g/mol. The van der Waals surface area contributed by atoms with E-state index in [2.05, 4.69) is 0 Å². The van der Waals surface area contributed by atoms with E-state index >= 15 is 0 Å². The van der Waals surface area contributed by atoms with E-state index in [1.165, 1.54) is 0 Å². The molecule has 0 bridgehead atoms. The van der Waals surface area contributed by atoms with Gasteiger partial charge in [0.25, 0.3) is 0 Å². The first-order chi connectivity index (χ1) is 8.50. The van der Waals surface area contributed by atoms with Gasteiger partial charge in [0.15, 0.2) is 0 Å². The highest BCUT2D eigenvalue weighted by atomic mass is 16.5. The summed E-state index contributed by atoms with van der Waals surface area (Å²) in [6.45, 7) is 1.43. The van der Waals surface area contributed by atoms with E-state index in [1.807, 2.05) is 0 Å². The van der Waals surface area contributed by atoms with Crippen molar-refractivity contribution in [3.8, 4) is 0 Å². The minimum Gasteiger partial charge on any atom is -0.481 e. The van der Waals surface area contributed by atoms with Crippen molar-refractivity contribution < 1.29 is 24.5 Å². The highest BCUT2D eigenvalue weighted by Gasteiger charge is 2.42. The molecule has 0 aromatic heterocycles. The topological polar surface area (TPSA) is 87.1 Å². The fourth-order valence-corrected chi connectivity index (χ4v) is 2.59. The second-order valence-corrected chi connectivity index (χ2v) is 4.89. The standard InChI is InChI=1S/C12H21NO5/c1-18-7-3-5-12(11(16)17)4-2-6-13(9-12)8-10(14)15/h2-9H2,1H3,(H,14,15)(H,16,17). The Bertz CT molecular complexity index is 307. The van der Waals surface area contributed by atoms with Gasteiger partial charge in [-0.25, -0.2) is 0 Å². The van der Waals surface area contributed by atoms with Crippen LogP contribution >= 0.6 is 0 Å². The van der Waals surface area contributed by atoms with Crippen LogP contribution in [0.5, 0.6) is 0 Å². The summed E-state index contributed by atoms with van der Waals surface area (Å²) >= 11 is 0. The zero-order chi connectivity index (χ0) is 13.6. The second-order valence-electron chi connectivity index (χ2n) is 4.89. The molecule has 18 heavy (non-hydrogen) atoms. The van der Waals surface area contributed by atoms with Crippen molar-refractivity contribution in [1.82, 2.24) is 4.90 Å². The summed E-state index contributed by atoms with van der Waals surface area (Å²) in [7, 11) is 1.59. The largest absolute Gasteiger partial charge is 0.481 e. The number of carboxylic acids is 2. The van der Waals surface area contributed by atoms with E-state index in [4.69, 9.17) is 9.84 Å². The molecule has 1 aliphatic heterocycles. The summed E-state index contributed by atoms with van der Waals surface area (Å²) in [6.07, 6.45) is 2.56. The second kappa shape index (κ2) is 6.70. The van der Waals surface area contributed by atoms with Crippen LogP contribution < -0.4 is 0 Å². The first-order valence-corrected chi connectivity index (χ1v) is 6.17. The Balaban J connectivity index is 2.64. The van der Waals surface area contributed by atoms with Gasteiger partial charge in [-0.3, -0.25) is 14.5 Å². The van der Waals surface area contributed by atoms with Crippen molar-refractivity contribution >= 4 is 11.9 Å². The summed E-state index contributed by atoms with van der Waals surface area (Å²) < 4.78 is 4.95. The first-order valence-electron chi connectivity index (χ1n) is 6.17. The molecule has 0 aromatic rings. The molecule has 0 aliphatic carbocycles. The molecule has 104 valence electrons. The third-order valence-electron chi connectivity index (χ3n) is 3.47. The Morgan fingerprint density at radius 3 is 2.67 bits per heavy atom. The average Bonchev–Trinajstić information content (AvgIpc) is 2.28. The number of piperidine rings is 1. The van der Waals surface area contributed by atoms with Gasteiger partial charge in [0, 0.05) is 20.3 Å². The Hall–Kier alpha value is -1.14. The smallest absolute Gasteiger partial charge is 0.317 e. The highest BCUT2D eigenvalue weighted by Crippen LogP contribution is 2.35. The van der Waals surface area contributed by atoms with E-state index in [-0.39, 0.29) is 6.54 Å². The molecular formula is C12H21NO5. The number of hydrogen-bond acceptors (Lipinski definition) is 4. The molecule has 1 atom stereocenters. The number of likely N-dealkylation sites (tertiary alicyclic amines) is 1. The van der Waals surface area contributed by atoms with E-state index in [0.717, 1.165) is 6.42 Å². The summed E-state index contributed by atoms with van der Waals surface area (Å²) in [5, 5.41) is 18.2. The lowest BCUT2D eigenvalue weighted by Gasteiger charge is -2.39. The Labute approximate surface area is 107 Å². The number of ether oxygens (including phenoxy) is 1. The summed E-state index contributed by atoms with van der Waals surface area (Å²) in [5.41, 5.74) is -0.813. The van der Waals surface area contributed by atoms with Crippen LogP contribution in [0.1, 0.15) is 25.7 Å². The fourth-order valence-electron chi connectivity index (χ4n) is 2.59. The molecule has 6 nitrogen and oxygen atoms in total. The van der Waals surface area contributed by atoms with Gasteiger partial charge in [-0.2, -0.15) is 0 Å². The molecule has 0 aromatic carbocycles. The Morgan fingerprint density at radius 1 is 1.39 bits per heavy atom. The first kappa shape index (κ1) is 14.9. The van der Waals surface area contributed by atoms with Crippen LogP contribution in [0, 0.1) is 5.41 Å². The number of hydrogen-bond donors (Lipinski definition) is 2. The average molecular weight is 259 g/mol. The molecule has 1 fully saturated rings. The van der Waals surface area contributed by atoms with Crippen LogP contribution in [-0.2, 0) is 14.3 Å². The summed E-state index contributed by atoms with van der Waals surface area (Å²) in [6, 6.07) is 0. The molecule has 0 radical (unpaired) electrons. The van der Waals surface area contributed by atoms with Gasteiger partial charge in [0.1, 0.15) is 0 Å². The van der Waals surface area contributed by atoms with Gasteiger partial charge < -0.3 is 14.9 Å². The lowest BCUT2D eigenvalue weighted by Crippen LogP contribution is -2.49. The number of aliphatic carboxylic acids is 2. The van der Waals surface area contributed by atoms with E-state index < -0.39 is 17.4 Å². The van der Waals surface area contributed by atoms with Crippen LogP contribution in [0.25, 0.3) is 0 Å². The van der Waals surface area contributed by atoms with E-state index in [0.29, 0.717) is 39.0 Å². The van der Waals surface area contributed by atoms with Crippen molar-refractivity contribution in [1.29, 1.82) is 0 Å². The van der Waals surface area contributed by atoms with Crippen molar-refractivity contribution in [2.45, 2.75) is 25.7 Å². The molecule has 1 saturated heterocycles. The third kappa shape index (κ3) is 3.96. The van der Waals surface area contributed by atoms with Crippen LogP contribution in [0.3, 0.4) is 0 Å². The van der Waals surface area contributed by atoms with Crippen molar-refractivity contribution in [2.75, 3.05) is 33.4 Å². The molecule has 6 heteroatoms. The lowest BCUT2D eigenvalue weighted by molar-refractivity contribution is -0.155. The van der Waals surface area contributed by atoms with Gasteiger partial charge in [-0.1, -0.05) is 0 Å². The van der Waals surface area contributed by atoms with Gasteiger partial charge in [0.05, 0.1) is 12.0 Å². The molecule has 0 spiro atoms. The SMILES string of the molecule is COCCCC1(C(=O)O)CCCN(CC(=O)O)C1. The number of nitrogens with zero attached hydrogens (tertiary/aromatic N) is 1. The minimum atomic E-state index is -0.909. The maximum atomic E-state index is 11.5. The monoisotopic (exact) mass is 259 g/mol. The summed E-state index contributed by atoms with van der Waals surface area (Å²) in [5.74, 6) is -1.73. The molecule has 1 unspecified atom stereocenters. The molecule has 1 aliphatic rings. The Kier molecular flexibility index (Phi) is 5.55. The Morgan fingerprint density at radius 2 is 2.11 bits per heavy atom. The van der Waals surface area contributed by atoms with Crippen molar-refractivity contribution in [3.63, 3.8) is 0 Å². The minimum absolute atomic E-state index is 0.0840. The van der Waals surface area contributed by atoms with Gasteiger partial charge in [-0.05, 0) is 32.2 Å². The molecule has 1 heterocycles. The molecule has 0 saturated carbocycles. The van der Waals surface area contributed by atoms with E-state index in [9.17, 15) is 14.7 Å². The quantitative estimate of drug-likeness (QED) is 0.653. The number of rotatable bonds is 7. The predicted molar refractivity (Wildman–Crippen MR) is 64.5 cm³/mol. The zero-order valence-corrected chi connectivity index (χ0v) is 10.7. The van der Waals surface area contributed by atoms with Gasteiger partial charge in [-0.15, -0.1) is 0 Å². The lowest BCUT2D eigenvalue weighted by atomic mass is 9.76. The molecule has 1 rings (SSSR count). The van der Waals surface area contributed by atoms with Crippen LogP contribution in [0.15, 0.2) is 0 Å². The van der Waals surface area contributed by atoms with Crippen LogP contribution in [-0.4, -0.2) is 60.4 Å². The van der Waals surface area contributed by atoms with Crippen LogP contribution in [0.2, 0.25) is 0 Å². The molecule has 0 amide bonds. The maximum Gasteiger partial charge on any atom is 0.317 e. The highest BCUT2D eigenvalue weighted by molar-refractivity contribution is 5.75. The predicted octanol–water partition coefficient (Wildman–Crippen LogP) is 0.664. The van der Waals surface area contributed by atoms with Gasteiger partial charge in [0.2, 0.25) is 0 Å². The van der Waals surface area contributed by atoms with E-state index in [1.54, 1.807) is 12.0 Å². The van der Waals surface area contributed by atoms with Crippen molar-refractivity contribution in [3.05, 3.63) is 0 Å². The van der Waals surface area contributed by atoms with Gasteiger partial charge >= 0.3 is 11.9 Å². The number of carboxylic acid groups (broad SMARTS) is 2.